The Morgan fingerprint density at radius 1 is 1.25 bits per heavy atom. The summed E-state index contributed by atoms with van der Waals surface area (Å²) in [6.45, 7) is 2.11. The van der Waals surface area contributed by atoms with Crippen LogP contribution in [-0.4, -0.2) is 25.3 Å². The SMILES string of the molecule is CCc1ccc(N(C(=O)N(C)OC)c2cccs2)cc1. The van der Waals surface area contributed by atoms with Gasteiger partial charge >= 0.3 is 6.03 Å². The molecule has 0 unspecified atom stereocenters. The van der Waals surface area contributed by atoms with E-state index in [0.29, 0.717) is 0 Å². The van der Waals surface area contributed by atoms with Crippen LogP contribution in [0.1, 0.15) is 12.5 Å². The van der Waals surface area contributed by atoms with Crippen LogP contribution in [0.3, 0.4) is 0 Å². The van der Waals surface area contributed by atoms with Gasteiger partial charge in [0.05, 0.1) is 12.8 Å². The van der Waals surface area contributed by atoms with E-state index >= 15 is 0 Å². The lowest BCUT2D eigenvalue weighted by Crippen LogP contribution is -2.37. The summed E-state index contributed by atoms with van der Waals surface area (Å²) >= 11 is 1.51. The van der Waals surface area contributed by atoms with E-state index in [9.17, 15) is 4.79 Å². The lowest BCUT2D eigenvalue weighted by Gasteiger charge is -2.25. The number of carbonyl (C=O) groups excluding carboxylic acids is 1. The van der Waals surface area contributed by atoms with Gasteiger partial charge in [0, 0.05) is 7.05 Å². The van der Waals surface area contributed by atoms with E-state index in [1.807, 2.05) is 41.8 Å². The first-order chi connectivity index (χ1) is 9.67. The Kier molecular flexibility index (Phi) is 4.76. The maximum Gasteiger partial charge on any atom is 0.353 e. The van der Waals surface area contributed by atoms with Gasteiger partial charge in [-0.25, -0.2) is 9.86 Å². The molecule has 0 saturated carbocycles. The summed E-state index contributed by atoms with van der Waals surface area (Å²) in [5.41, 5.74) is 2.07. The standard InChI is InChI=1S/C15H18N2O2S/c1-4-12-7-9-13(10-8-12)17(14-6-5-11-20-14)15(18)16(2)19-3/h5-11H,4H2,1-3H3. The summed E-state index contributed by atoms with van der Waals surface area (Å²) in [6.07, 6.45) is 0.977. The van der Waals surface area contributed by atoms with Crippen LogP contribution in [0.25, 0.3) is 0 Å². The van der Waals surface area contributed by atoms with E-state index < -0.39 is 0 Å². The third kappa shape index (κ3) is 3.00. The second-order valence-corrected chi connectivity index (χ2v) is 5.20. The van der Waals surface area contributed by atoms with Gasteiger partial charge in [-0.1, -0.05) is 19.1 Å². The number of hydrogen-bond donors (Lipinski definition) is 0. The largest absolute Gasteiger partial charge is 0.353 e. The number of hydroxylamine groups is 2. The Bertz CT molecular complexity index is 552. The van der Waals surface area contributed by atoms with Crippen LogP contribution >= 0.6 is 11.3 Å². The van der Waals surface area contributed by atoms with Crippen molar-refractivity contribution >= 4 is 28.1 Å². The van der Waals surface area contributed by atoms with Gasteiger partial charge in [0.1, 0.15) is 5.00 Å². The van der Waals surface area contributed by atoms with Gasteiger partial charge in [0.2, 0.25) is 0 Å². The van der Waals surface area contributed by atoms with Crippen LogP contribution in [-0.2, 0) is 11.3 Å². The van der Waals surface area contributed by atoms with Crippen LogP contribution in [0.2, 0.25) is 0 Å². The zero-order chi connectivity index (χ0) is 14.5. The first-order valence-electron chi connectivity index (χ1n) is 6.41. The number of amides is 2. The quantitative estimate of drug-likeness (QED) is 0.795. The molecule has 4 nitrogen and oxygen atoms in total. The van der Waals surface area contributed by atoms with Gasteiger partial charge in [0.15, 0.2) is 0 Å². The van der Waals surface area contributed by atoms with Crippen LogP contribution in [0.4, 0.5) is 15.5 Å². The average Bonchev–Trinajstić information content (AvgIpc) is 3.01. The molecule has 0 aliphatic rings. The zero-order valence-electron chi connectivity index (χ0n) is 11.9. The molecule has 1 aromatic heterocycles. The molecule has 0 atom stereocenters. The molecule has 106 valence electrons. The van der Waals surface area contributed by atoms with Crippen molar-refractivity contribution in [2.45, 2.75) is 13.3 Å². The lowest BCUT2D eigenvalue weighted by molar-refractivity contribution is -0.0614. The molecule has 2 amide bonds. The van der Waals surface area contributed by atoms with Gasteiger partial charge in [-0.05, 0) is 41.6 Å². The topological polar surface area (TPSA) is 32.8 Å². The summed E-state index contributed by atoms with van der Waals surface area (Å²) in [7, 11) is 3.08. The Morgan fingerprint density at radius 3 is 2.45 bits per heavy atom. The number of nitrogens with zero attached hydrogens (tertiary/aromatic N) is 2. The molecular weight excluding hydrogens is 272 g/mol. The number of rotatable bonds is 4. The number of aryl methyl sites for hydroxylation is 1. The Hall–Kier alpha value is -1.85. The molecule has 0 spiro atoms. The highest BCUT2D eigenvalue weighted by Crippen LogP contribution is 2.30. The summed E-state index contributed by atoms with van der Waals surface area (Å²) < 4.78 is 0. The third-order valence-electron chi connectivity index (χ3n) is 3.06. The van der Waals surface area contributed by atoms with Gasteiger partial charge in [-0.3, -0.25) is 9.74 Å². The van der Waals surface area contributed by atoms with Crippen molar-refractivity contribution in [3.63, 3.8) is 0 Å². The van der Waals surface area contributed by atoms with E-state index in [1.165, 1.54) is 29.1 Å². The maximum atomic E-state index is 12.5. The molecule has 0 aliphatic heterocycles. The number of anilines is 2. The molecule has 1 aromatic carbocycles. The summed E-state index contributed by atoms with van der Waals surface area (Å²) in [5, 5.41) is 4.03. The lowest BCUT2D eigenvalue weighted by atomic mass is 10.1. The number of carbonyl (C=O) groups is 1. The van der Waals surface area contributed by atoms with Crippen LogP contribution in [0.15, 0.2) is 41.8 Å². The zero-order valence-corrected chi connectivity index (χ0v) is 12.7. The van der Waals surface area contributed by atoms with Crippen molar-refractivity contribution in [2.75, 3.05) is 19.1 Å². The minimum absolute atomic E-state index is 0.223. The third-order valence-corrected chi connectivity index (χ3v) is 3.92. The second kappa shape index (κ2) is 6.54. The molecule has 0 bridgehead atoms. The molecule has 1 heterocycles. The number of benzene rings is 1. The monoisotopic (exact) mass is 290 g/mol. The summed E-state index contributed by atoms with van der Waals surface area (Å²) in [5.74, 6) is 0. The number of hydrogen-bond acceptors (Lipinski definition) is 3. The Labute approximate surface area is 123 Å². The molecular formula is C15H18N2O2S. The fourth-order valence-corrected chi connectivity index (χ4v) is 2.57. The summed E-state index contributed by atoms with van der Waals surface area (Å²) in [4.78, 5) is 19.1. The molecule has 0 aliphatic carbocycles. The predicted octanol–water partition coefficient (Wildman–Crippen LogP) is 4.06. The van der Waals surface area contributed by atoms with Gasteiger partial charge < -0.3 is 0 Å². The first kappa shape index (κ1) is 14.6. The second-order valence-electron chi connectivity index (χ2n) is 4.27. The Morgan fingerprint density at radius 2 is 1.95 bits per heavy atom. The fourth-order valence-electron chi connectivity index (χ4n) is 1.83. The molecule has 0 radical (unpaired) electrons. The fraction of sp³-hybridized carbons (Fsp3) is 0.267. The Balaban J connectivity index is 2.38. The van der Waals surface area contributed by atoms with Crippen LogP contribution in [0, 0.1) is 0 Å². The minimum Gasteiger partial charge on any atom is -0.273 e. The summed E-state index contributed by atoms with van der Waals surface area (Å²) in [6, 6.07) is 11.6. The highest BCUT2D eigenvalue weighted by Gasteiger charge is 2.22. The van der Waals surface area contributed by atoms with Crippen molar-refractivity contribution in [2.24, 2.45) is 0 Å². The van der Waals surface area contributed by atoms with Crippen molar-refractivity contribution in [3.05, 3.63) is 47.3 Å². The van der Waals surface area contributed by atoms with Crippen LogP contribution in [0.5, 0.6) is 0 Å². The smallest absolute Gasteiger partial charge is 0.273 e. The van der Waals surface area contributed by atoms with E-state index in [1.54, 1.807) is 11.9 Å². The molecule has 0 N–H and O–H groups in total. The van der Waals surface area contributed by atoms with Crippen molar-refractivity contribution < 1.29 is 9.63 Å². The van der Waals surface area contributed by atoms with Crippen molar-refractivity contribution in [1.82, 2.24) is 5.06 Å². The minimum atomic E-state index is -0.223. The normalized spacial score (nSPS) is 10.3. The highest BCUT2D eigenvalue weighted by atomic mass is 32.1. The number of urea groups is 1. The van der Waals surface area contributed by atoms with E-state index in [-0.39, 0.29) is 6.03 Å². The molecule has 5 heteroatoms. The highest BCUT2D eigenvalue weighted by molar-refractivity contribution is 7.14. The van der Waals surface area contributed by atoms with Crippen LogP contribution < -0.4 is 4.90 Å². The van der Waals surface area contributed by atoms with E-state index in [2.05, 4.69) is 6.92 Å². The maximum absolute atomic E-state index is 12.5. The van der Waals surface area contributed by atoms with Crippen molar-refractivity contribution in [1.29, 1.82) is 0 Å². The average molecular weight is 290 g/mol. The van der Waals surface area contributed by atoms with Gasteiger partial charge in [-0.2, -0.15) is 0 Å². The molecule has 20 heavy (non-hydrogen) atoms. The first-order valence-corrected chi connectivity index (χ1v) is 7.29. The number of thiophene rings is 1. The van der Waals surface area contributed by atoms with Gasteiger partial charge in [0.25, 0.3) is 0 Å². The van der Waals surface area contributed by atoms with E-state index in [0.717, 1.165) is 17.1 Å². The van der Waals surface area contributed by atoms with E-state index in [4.69, 9.17) is 4.84 Å². The van der Waals surface area contributed by atoms with Crippen molar-refractivity contribution in [3.8, 4) is 0 Å². The molecule has 0 saturated heterocycles. The molecule has 0 fully saturated rings. The predicted molar refractivity (Wildman–Crippen MR) is 82.4 cm³/mol. The van der Waals surface area contributed by atoms with Gasteiger partial charge in [-0.15, -0.1) is 11.3 Å². The molecule has 2 aromatic rings. The molecule has 2 rings (SSSR count).